The lowest BCUT2D eigenvalue weighted by atomic mass is 9.87. The zero-order valence-corrected chi connectivity index (χ0v) is 12.9. The van der Waals surface area contributed by atoms with Gasteiger partial charge < -0.3 is 4.74 Å². The molecule has 0 heterocycles. The third-order valence-corrected chi connectivity index (χ3v) is 3.92. The van der Waals surface area contributed by atoms with Crippen molar-refractivity contribution < 1.29 is 4.74 Å². The Hall–Kier alpha value is -0.500. The molecule has 1 aromatic rings. The number of ether oxygens (including phenoxy) is 1. The minimum absolute atomic E-state index is 0.209. The highest BCUT2D eigenvalue weighted by Crippen LogP contribution is 2.24. The summed E-state index contributed by atoms with van der Waals surface area (Å²) in [5.74, 6) is 1.56. The highest BCUT2D eigenvalue weighted by Gasteiger charge is 2.13. The molecule has 0 N–H and O–H groups in total. The second-order valence-electron chi connectivity index (χ2n) is 5.51. The molecule has 1 rings (SSSR count). The molecule has 0 saturated carbocycles. The van der Waals surface area contributed by atoms with Crippen LogP contribution in [0, 0.1) is 5.92 Å². The lowest BCUT2D eigenvalue weighted by molar-refractivity contribution is 0.260. The standard InChI is InChI=1S/C15H23BrO/c1-5-12(10-16)11-17-14-8-6-13(7-9-14)15(2,3)4/h6-9,12H,5,10-11H2,1-4H3. The fraction of sp³-hybridized carbons (Fsp3) is 0.600. The van der Waals surface area contributed by atoms with E-state index in [9.17, 15) is 0 Å². The molecule has 0 spiro atoms. The fourth-order valence-electron chi connectivity index (χ4n) is 1.54. The van der Waals surface area contributed by atoms with Gasteiger partial charge in [0.25, 0.3) is 0 Å². The van der Waals surface area contributed by atoms with Gasteiger partial charge in [0.05, 0.1) is 6.61 Å². The van der Waals surface area contributed by atoms with E-state index in [-0.39, 0.29) is 5.41 Å². The number of halogens is 1. The Morgan fingerprint density at radius 2 is 1.76 bits per heavy atom. The first kappa shape index (κ1) is 14.6. The van der Waals surface area contributed by atoms with E-state index in [1.165, 1.54) is 5.56 Å². The predicted octanol–water partition coefficient (Wildman–Crippen LogP) is 4.78. The van der Waals surface area contributed by atoms with Crippen molar-refractivity contribution in [3.05, 3.63) is 29.8 Å². The van der Waals surface area contributed by atoms with Gasteiger partial charge in [0, 0.05) is 11.2 Å². The molecule has 0 bridgehead atoms. The van der Waals surface area contributed by atoms with E-state index in [4.69, 9.17) is 4.74 Å². The normalized spacial score (nSPS) is 13.5. The average molecular weight is 299 g/mol. The van der Waals surface area contributed by atoms with E-state index in [2.05, 4.69) is 67.9 Å². The average Bonchev–Trinajstić information content (AvgIpc) is 2.30. The first-order valence-electron chi connectivity index (χ1n) is 6.26. The van der Waals surface area contributed by atoms with Crippen LogP contribution in [0.3, 0.4) is 0 Å². The quantitative estimate of drug-likeness (QED) is 0.711. The maximum Gasteiger partial charge on any atom is 0.119 e. The summed E-state index contributed by atoms with van der Waals surface area (Å²) < 4.78 is 5.79. The van der Waals surface area contributed by atoms with Crippen molar-refractivity contribution in [2.75, 3.05) is 11.9 Å². The van der Waals surface area contributed by atoms with Crippen LogP contribution < -0.4 is 4.74 Å². The fourth-order valence-corrected chi connectivity index (χ4v) is 2.18. The molecule has 1 atom stereocenters. The van der Waals surface area contributed by atoms with Crippen LogP contribution in [-0.2, 0) is 5.41 Å². The van der Waals surface area contributed by atoms with Crippen LogP contribution in [0.2, 0.25) is 0 Å². The number of alkyl halides is 1. The van der Waals surface area contributed by atoms with E-state index in [1.807, 2.05) is 0 Å². The SMILES string of the molecule is CCC(CBr)COc1ccc(C(C)(C)C)cc1. The molecule has 0 aliphatic heterocycles. The van der Waals surface area contributed by atoms with Gasteiger partial charge in [-0.2, -0.15) is 0 Å². The van der Waals surface area contributed by atoms with Crippen molar-refractivity contribution in [2.45, 2.75) is 39.5 Å². The lowest BCUT2D eigenvalue weighted by Crippen LogP contribution is -2.13. The lowest BCUT2D eigenvalue weighted by Gasteiger charge is -2.19. The first-order valence-corrected chi connectivity index (χ1v) is 7.38. The maximum atomic E-state index is 5.79. The van der Waals surface area contributed by atoms with Gasteiger partial charge in [-0.3, -0.25) is 0 Å². The number of hydrogen-bond donors (Lipinski definition) is 0. The zero-order chi connectivity index (χ0) is 12.9. The number of hydrogen-bond acceptors (Lipinski definition) is 1. The minimum atomic E-state index is 0.209. The third kappa shape index (κ3) is 4.71. The van der Waals surface area contributed by atoms with E-state index in [0.717, 1.165) is 24.1 Å². The van der Waals surface area contributed by atoms with Crippen LogP contribution in [0.1, 0.15) is 39.7 Å². The molecule has 0 radical (unpaired) electrons. The van der Waals surface area contributed by atoms with Crippen LogP contribution in [0.25, 0.3) is 0 Å². The molecule has 96 valence electrons. The molecule has 1 nitrogen and oxygen atoms in total. The summed E-state index contributed by atoms with van der Waals surface area (Å²) in [4.78, 5) is 0. The maximum absolute atomic E-state index is 5.79. The second-order valence-corrected chi connectivity index (χ2v) is 6.16. The Balaban J connectivity index is 2.57. The molecule has 0 saturated heterocycles. The van der Waals surface area contributed by atoms with Crippen LogP contribution >= 0.6 is 15.9 Å². The molecule has 0 aromatic heterocycles. The van der Waals surface area contributed by atoms with Gasteiger partial charge in [-0.1, -0.05) is 55.8 Å². The topological polar surface area (TPSA) is 9.23 Å². The van der Waals surface area contributed by atoms with Crippen molar-refractivity contribution >= 4 is 15.9 Å². The molecular formula is C15H23BrO. The van der Waals surface area contributed by atoms with Crippen molar-refractivity contribution in [1.82, 2.24) is 0 Å². The van der Waals surface area contributed by atoms with Gasteiger partial charge in [-0.25, -0.2) is 0 Å². The van der Waals surface area contributed by atoms with Gasteiger partial charge in [0.15, 0.2) is 0 Å². The molecule has 0 aliphatic carbocycles. The van der Waals surface area contributed by atoms with E-state index in [0.29, 0.717) is 5.92 Å². The Morgan fingerprint density at radius 1 is 1.18 bits per heavy atom. The highest BCUT2D eigenvalue weighted by atomic mass is 79.9. The highest BCUT2D eigenvalue weighted by molar-refractivity contribution is 9.09. The van der Waals surface area contributed by atoms with E-state index < -0.39 is 0 Å². The molecule has 0 amide bonds. The van der Waals surface area contributed by atoms with Crippen LogP contribution in [0.4, 0.5) is 0 Å². The summed E-state index contributed by atoms with van der Waals surface area (Å²) in [7, 11) is 0. The zero-order valence-electron chi connectivity index (χ0n) is 11.3. The van der Waals surface area contributed by atoms with Crippen molar-refractivity contribution in [3.63, 3.8) is 0 Å². The van der Waals surface area contributed by atoms with Gasteiger partial charge >= 0.3 is 0 Å². The smallest absolute Gasteiger partial charge is 0.119 e. The van der Waals surface area contributed by atoms with Crippen LogP contribution in [0.5, 0.6) is 5.75 Å². The summed E-state index contributed by atoms with van der Waals surface area (Å²) in [5, 5.41) is 1.00. The second kappa shape index (κ2) is 6.44. The largest absolute Gasteiger partial charge is 0.493 e. The molecular weight excluding hydrogens is 276 g/mol. The number of benzene rings is 1. The molecule has 2 heteroatoms. The van der Waals surface area contributed by atoms with E-state index in [1.54, 1.807) is 0 Å². The third-order valence-electron chi connectivity index (χ3n) is 3.00. The minimum Gasteiger partial charge on any atom is -0.493 e. The summed E-state index contributed by atoms with van der Waals surface area (Å²) in [6, 6.07) is 8.46. The van der Waals surface area contributed by atoms with E-state index >= 15 is 0 Å². The summed E-state index contributed by atoms with van der Waals surface area (Å²) >= 11 is 3.51. The molecule has 1 unspecified atom stereocenters. The van der Waals surface area contributed by atoms with Gasteiger partial charge in [0.1, 0.15) is 5.75 Å². The molecule has 17 heavy (non-hydrogen) atoms. The first-order chi connectivity index (χ1) is 7.97. The van der Waals surface area contributed by atoms with Crippen LogP contribution in [-0.4, -0.2) is 11.9 Å². The Bertz CT molecular complexity index is 320. The van der Waals surface area contributed by atoms with Crippen molar-refractivity contribution in [3.8, 4) is 5.75 Å². The van der Waals surface area contributed by atoms with Crippen LogP contribution in [0.15, 0.2) is 24.3 Å². The van der Waals surface area contributed by atoms with Gasteiger partial charge in [-0.05, 0) is 29.5 Å². The molecule has 0 fully saturated rings. The summed E-state index contributed by atoms with van der Waals surface area (Å²) in [6.45, 7) is 9.65. The Morgan fingerprint density at radius 3 is 2.18 bits per heavy atom. The van der Waals surface area contributed by atoms with Gasteiger partial charge in [-0.15, -0.1) is 0 Å². The van der Waals surface area contributed by atoms with Crippen molar-refractivity contribution in [1.29, 1.82) is 0 Å². The summed E-state index contributed by atoms with van der Waals surface area (Å²) in [6.07, 6.45) is 1.14. The van der Waals surface area contributed by atoms with Crippen molar-refractivity contribution in [2.24, 2.45) is 5.92 Å². The Kier molecular flexibility index (Phi) is 5.51. The number of rotatable bonds is 5. The molecule has 1 aromatic carbocycles. The monoisotopic (exact) mass is 298 g/mol. The predicted molar refractivity (Wildman–Crippen MR) is 78.2 cm³/mol. The van der Waals surface area contributed by atoms with Gasteiger partial charge in [0.2, 0.25) is 0 Å². The molecule has 0 aliphatic rings. The summed E-state index contributed by atoms with van der Waals surface area (Å²) in [5.41, 5.74) is 1.55. The Labute approximate surface area is 114 Å².